The van der Waals surface area contributed by atoms with Gasteiger partial charge in [0.15, 0.2) is 0 Å². The van der Waals surface area contributed by atoms with Gasteiger partial charge in [-0.2, -0.15) is 0 Å². The van der Waals surface area contributed by atoms with Gasteiger partial charge in [-0.15, -0.1) is 13.2 Å². The summed E-state index contributed by atoms with van der Waals surface area (Å²) in [4.78, 5) is 0. The summed E-state index contributed by atoms with van der Waals surface area (Å²) in [5, 5.41) is 0. The first-order valence-corrected chi connectivity index (χ1v) is 8.81. The van der Waals surface area contributed by atoms with Crippen molar-refractivity contribution in [2.45, 2.75) is 71.1 Å². The molecular weight excluding hydrogens is 301 g/mol. The predicted octanol–water partition coefficient (Wildman–Crippen LogP) is 6.51. The highest BCUT2D eigenvalue weighted by atomic mass is 19.4. The average molecular weight is 328 g/mol. The van der Waals surface area contributed by atoms with Gasteiger partial charge in [0.25, 0.3) is 0 Å². The van der Waals surface area contributed by atoms with Gasteiger partial charge in [-0.3, -0.25) is 0 Å². The van der Waals surface area contributed by atoms with E-state index in [-0.39, 0.29) is 5.75 Å². The van der Waals surface area contributed by atoms with E-state index >= 15 is 0 Å². The van der Waals surface area contributed by atoms with Gasteiger partial charge in [0.2, 0.25) is 0 Å². The zero-order chi connectivity index (χ0) is 16.7. The number of ether oxygens (including phenoxy) is 1. The number of rotatable bonds is 7. The van der Waals surface area contributed by atoms with Gasteiger partial charge < -0.3 is 4.74 Å². The normalized spacial score (nSPS) is 22.1. The van der Waals surface area contributed by atoms with Crippen LogP contribution in [0.2, 0.25) is 0 Å². The molecule has 0 bridgehead atoms. The number of halogens is 3. The summed E-state index contributed by atoms with van der Waals surface area (Å²) < 4.78 is 40.3. The Labute approximate surface area is 137 Å². The lowest BCUT2D eigenvalue weighted by atomic mass is 9.77. The molecule has 0 N–H and O–H groups in total. The summed E-state index contributed by atoms with van der Waals surface area (Å²) in [6.45, 7) is 2.24. The van der Waals surface area contributed by atoms with Crippen molar-refractivity contribution in [3.8, 4) is 5.75 Å². The fourth-order valence-corrected chi connectivity index (χ4v) is 3.57. The first kappa shape index (κ1) is 18.2. The summed E-state index contributed by atoms with van der Waals surface area (Å²) in [5.74, 6) is 1.42. The molecule has 0 unspecified atom stereocenters. The van der Waals surface area contributed by atoms with Crippen molar-refractivity contribution in [3.63, 3.8) is 0 Å². The quantitative estimate of drug-likeness (QED) is 0.518. The van der Waals surface area contributed by atoms with Crippen molar-refractivity contribution in [1.82, 2.24) is 0 Å². The van der Waals surface area contributed by atoms with Crippen LogP contribution in [0.1, 0.15) is 63.9 Å². The van der Waals surface area contributed by atoms with Crippen molar-refractivity contribution in [2.24, 2.45) is 11.8 Å². The Morgan fingerprint density at radius 1 is 0.957 bits per heavy atom. The smallest absolute Gasteiger partial charge is 0.406 e. The van der Waals surface area contributed by atoms with E-state index in [4.69, 9.17) is 0 Å². The molecule has 1 saturated carbocycles. The fraction of sp³-hybridized carbons (Fsp3) is 0.684. The predicted molar refractivity (Wildman–Crippen MR) is 86.4 cm³/mol. The minimum atomic E-state index is -4.61. The van der Waals surface area contributed by atoms with Crippen LogP contribution in [0, 0.1) is 11.8 Å². The van der Waals surface area contributed by atoms with Crippen molar-refractivity contribution >= 4 is 0 Å². The van der Waals surface area contributed by atoms with E-state index in [0.717, 1.165) is 17.9 Å². The number of benzene rings is 1. The largest absolute Gasteiger partial charge is 0.573 e. The third-order valence-electron chi connectivity index (χ3n) is 4.86. The maximum absolute atomic E-state index is 12.1. The molecule has 0 saturated heterocycles. The highest BCUT2D eigenvalue weighted by molar-refractivity contribution is 5.27. The molecule has 1 fully saturated rings. The van der Waals surface area contributed by atoms with Crippen LogP contribution >= 0.6 is 0 Å². The van der Waals surface area contributed by atoms with Gasteiger partial charge in [0, 0.05) is 0 Å². The lowest BCUT2D eigenvalue weighted by molar-refractivity contribution is -0.274. The Morgan fingerprint density at radius 3 is 2.13 bits per heavy atom. The summed E-state index contributed by atoms with van der Waals surface area (Å²) >= 11 is 0. The molecule has 0 spiro atoms. The lowest BCUT2D eigenvalue weighted by Gasteiger charge is -2.28. The highest BCUT2D eigenvalue weighted by Crippen LogP contribution is 2.34. The standard InChI is InChI=1S/C19H27F3O/c1-2-3-4-5-15-6-8-16(9-7-15)14-17-10-12-18(13-11-17)23-19(20,21)22/h10-13,15-16H,2-9,14H2,1H3. The fourth-order valence-electron chi connectivity index (χ4n) is 3.57. The highest BCUT2D eigenvalue weighted by Gasteiger charge is 2.31. The number of hydrogen-bond donors (Lipinski definition) is 0. The molecule has 0 heterocycles. The van der Waals surface area contributed by atoms with E-state index in [1.807, 2.05) is 0 Å². The summed E-state index contributed by atoms with van der Waals surface area (Å²) in [5.41, 5.74) is 1.11. The van der Waals surface area contributed by atoms with Crippen LogP contribution in [0.15, 0.2) is 24.3 Å². The molecule has 2 rings (SSSR count). The molecule has 1 aliphatic carbocycles. The number of hydrogen-bond acceptors (Lipinski definition) is 1. The maximum Gasteiger partial charge on any atom is 0.573 e. The third kappa shape index (κ3) is 6.84. The molecule has 1 aromatic carbocycles. The molecule has 0 radical (unpaired) electrons. The van der Waals surface area contributed by atoms with Crippen molar-refractivity contribution in [3.05, 3.63) is 29.8 Å². The minimum Gasteiger partial charge on any atom is -0.406 e. The molecule has 0 aliphatic heterocycles. The molecule has 1 nitrogen and oxygen atoms in total. The van der Waals surface area contributed by atoms with Crippen molar-refractivity contribution < 1.29 is 17.9 Å². The second-order valence-corrected chi connectivity index (χ2v) is 6.78. The van der Waals surface area contributed by atoms with E-state index in [1.165, 1.54) is 63.5 Å². The summed E-state index contributed by atoms with van der Waals surface area (Å²) in [7, 11) is 0. The average Bonchev–Trinajstić information content (AvgIpc) is 2.50. The molecule has 23 heavy (non-hydrogen) atoms. The molecule has 1 aliphatic rings. The van der Waals surface area contributed by atoms with Crippen LogP contribution < -0.4 is 4.74 Å². The SMILES string of the molecule is CCCCCC1CCC(Cc2ccc(OC(F)(F)F)cc2)CC1. The Kier molecular flexibility index (Phi) is 6.79. The van der Waals surface area contributed by atoms with Gasteiger partial charge in [0.05, 0.1) is 0 Å². The molecule has 4 heteroatoms. The van der Waals surface area contributed by atoms with Gasteiger partial charge in [-0.1, -0.05) is 57.6 Å². The molecule has 0 atom stereocenters. The number of alkyl halides is 3. The van der Waals surface area contributed by atoms with E-state index in [1.54, 1.807) is 12.1 Å². The van der Waals surface area contributed by atoms with Crippen LogP contribution in [-0.2, 0) is 6.42 Å². The van der Waals surface area contributed by atoms with Crippen LogP contribution in [0.3, 0.4) is 0 Å². The van der Waals surface area contributed by atoms with Crippen LogP contribution in [0.5, 0.6) is 5.75 Å². The monoisotopic (exact) mass is 328 g/mol. The van der Waals surface area contributed by atoms with Crippen molar-refractivity contribution in [2.75, 3.05) is 0 Å². The van der Waals surface area contributed by atoms with E-state index in [9.17, 15) is 13.2 Å². The van der Waals surface area contributed by atoms with E-state index < -0.39 is 6.36 Å². The van der Waals surface area contributed by atoms with Crippen molar-refractivity contribution in [1.29, 1.82) is 0 Å². The maximum atomic E-state index is 12.1. The second kappa shape index (κ2) is 8.60. The van der Waals surface area contributed by atoms with Gasteiger partial charge >= 0.3 is 6.36 Å². The molecule has 130 valence electrons. The van der Waals surface area contributed by atoms with Gasteiger partial charge in [-0.05, 0) is 48.8 Å². The van der Waals surface area contributed by atoms with Crippen LogP contribution in [-0.4, -0.2) is 6.36 Å². The van der Waals surface area contributed by atoms with Gasteiger partial charge in [0.1, 0.15) is 5.75 Å². The molecule has 1 aromatic rings. The Balaban J connectivity index is 1.73. The molecule has 0 aromatic heterocycles. The summed E-state index contributed by atoms with van der Waals surface area (Å²) in [6.07, 6.45) is 6.81. The molecular formula is C19H27F3O. The first-order chi connectivity index (χ1) is 11.0. The summed E-state index contributed by atoms with van der Waals surface area (Å²) in [6, 6.07) is 6.35. The Morgan fingerprint density at radius 2 is 1.57 bits per heavy atom. The zero-order valence-electron chi connectivity index (χ0n) is 13.9. The van der Waals surface area contributed by atoms with Crippen LogP contribution in [0.25, 0.3) is 0 Å². The minimum absolute atomic E-state index is 0.138. The second-order valence-electron chi connectivity index (χ2n) is 6.78. The van der Waals surface area contributed by atoms with Gasteiger partial charge in [-0.25, -0.2) is 0 Å². The molecule has 0 amide bonds. The van der Waals surface area contributed by atoms with E-state index in [0.29, 0.717) is 5.92 Å². The number of unbranched alkanes of at least 4 members (excludes halogenated alkanes) is 2. The topological polar surface area (TPSA) is 9.23 Å². The van der Waals surface area contributed by atoms with E-state index in [2.05, 4.69) is 11.7 Å². The lowest BCUT2D eigenvalue weighted by Crippen LogP contribution is -2.17. The first-order valence-electron chi connectivity index (χ1n) is 8.81. The van der Waals surface area contributed by atoms with Crippen LogP contribution in [0.4, 0.5) is 13.2 Å². The third-order valence-corrected chi connectivity index (χ3v) is 4.86. The zero-order valence-corrected chi connectivity index (χ0v) is 13.9. The Hall–Kier alpha value is -1.19. The Bertz CT molecular complexity index is 445.